The van der Waals surface area contributed by atoms with Crippen LogP contribution in [-0.4, -0.2) is 16.0 Å². The number of amides is 1. The van der Waals surface area contributed by atoms with Gasteiger partial charge in [-0.05, 0) is 52.7 Å². The molecule has 5 heteroatoms. The second-order valence-electron chi connectivity index (χ2n) is 3.82. The first-order valence-electron chi connectivity index (χ1n) is 5.29. The number of aromatic nitrogens is 1. The Labute approximate surface area is 113 Å². The molecule has 18 heavy (non-hydrogen) atoms. The maximum atomic E-state index is 11.9. The van der Waals surface area contributed by atoms with Gasteiger partial charge >= 0.3 is 0 Å². The van der Waals surface area contributed by atoms with Gasteiger partial charge in [0.1, 0.15) is 11.6 Å². The lowest BCUT2D eigenvalue weighted by molar-refractivity contribution is 0.102. The molecule has 0 aliphatic carbocycles. The molecule has 0 saturated heterocycles. The van der Waals surface area contributed by atoms with E-state index >= 15 is 0 Å². The van der Waals surface area contributed by atoms with E-state index in [0.29, 0.717) is 11.4 Å². The Kier molecular flexibility index (Phi) is 3.62. The molecule has 92 valence electrons. The van der Waals surface area contributed by atoms with Crippen LogP contribution in [-0.2, 0) is 0 Å². The van der Waals surface area contributed by atoms with Crippen LogP contribution in [0.1, 0.15) is 15.9 Å². The van der Waals surface area contributed by atoms with Crippen LogP contribution < -0.4 is 5.32 Å². The summed E-state index contributed by atoms with van der Waals surface area (Å²) >= 11 is 3.27. The molecular weight excluding hydrogens is 296 g/mol. The van der Waals surface area contributed by atoms with Gasteiger partial charge in [0.25, 0.3) is 5.91 Å². The normalized spacial score (nSPS) is 10.1. The lowest BCUT2D eigenvalue weighted by Gasteiger charge is -2.06. The molecule has 0 aliphatic heterocycles. The highest BCUT2D eigenvalue weighted by molar-refractivity contribution is 9.10. The molecule has 0 fully saturated rings. The van der Waals surface area contributed by atoms with E-state index < -0.39 is 0 Å². The zero-order valence-electron chi connectivity index (χ0n) is 9.64. The summed E-state index contributed by atoms with van der Waals surface area (Å²) in [6.45, 7) is 1.77. The smallest absolute Gasteiger partial charge is 0.256 e. The molecule has 0 unspecified atom stereocenters. The van der Waals surface area contributed by atoms with E-state index in [-0.39, 0.29) is 11.7 Å². The molecule has 0 saturated carbocycles. The summed E-state index contributed by atoms with van der Waals surface area (Å²) in [5.74, 6) is 0.259. The molecule has 0 bridgehead atoms. The highest BCUT2D eigenvalue weighted by Crippen LogP contribution is 2.18. The van der Waals surface area contributed by atoms with E-state index in [0.717, 1.165) is 10.0 Å². The van der Waals surface area contributed by atoms with E-state index in [9.17, 15) is 9.90 Å². The Morgan fingerprint density at radius 1 is 1.33 bits per heavy atom. The van der Waals surface area contributed by atoms with E-state index in [1.54, 1.807) is 37.4 Å². The van der Waals surface area contributed by atoms with Gasteiger partial charge in [0.15, 0.2) is 0 Å². The number of halogens is 1. The number of carbonyl (C=O) groups excluding carboxylic acids is 1. The van der Waals surface area contributed by atoms with Gasteiger partial charge in [0.2, 0.25) is 0 Å². The molecule has 2 aromatic rings. The van der Waals surface area contributed by atoms with Gasteiger partial charge in [0.05, 0.1) is 0 Å². The maximum absolute atomic E-state index is 11.9. The minimum Gasteiger partial charge on any atom is -0.508 e. The molecule has 0 atom stereocenters. The van der Waals surface area contributed by atoms with Crippen LogP contribution in [0.25, 0.3) is 0 Å². The fourth-order valence-electron chi connectivity index (χ4n) is 1.39. The third kappa shape index (κ3) is 2.87. The van der Waals surface area contributed by atoms with E-state index in [1.807, 2.05) is 0 Å². The largest absolute Gasteiger partial charge is 0.508 e. The van der Waals surface area contributed by atoms with Crippen LogP contribution in [0.2, 0.25) is 0 Å². The Bertz CT molecular complexity index is 582. The Morgan fingerprint density at radius 2 is 2.11 bits per heavy atom. The second kappa shape index (κ2) is 5.18. The first-order chi connectivity index (χ1) is 8.56. The van der Waals surface area contributed by atoms with Crippen molar-refractivity contribution in [2.75, 3.05) is 5.32 Å². The average Bonchev–Trinajstić information content (AvgIpc) is 2.35. The SMILES string of the molecule is Cc1ccc(C(=O)Nc2ccc(Br)cn2)cc1O. The number of phenols is 1. The molecule has 0 spiro atoms. The number of aromatic hydroxyl groups is 1. The van der Waals surface area contributed by atoms with Crippen molar-refractivity contribution in [3.63, 3.8) is 0 Å². The molecule has 1 heterocycles. The summed E-state index contributed by atoms with van der Waals surface area (Å²) in [5.41, 5.74) is 1.12. The molecule has 4 nitrogen and oxygen atoms in total. The van der Waals surface area contributed by atoms with Gasteiger partial charge in [-0.15, -0.1) is 0 Å². The summed E-state index contributed by atoms with van der Waals surface area (Å²) in [6, 6.07) is 8.26. The summed E-state index contributed by atoms with van der Waals surface area (Å²) < 4.78 is 0.841. The number of pyridine rings is 1. The first kappa shape index (κ1) is 12.6. The Morgan fingerprint density at radius 3 is 2.72 bits per heavy atom. The van der Waals surface area contributed by atoms with Crippen LogP contribution >= 0.6 is 15.9 Å². The first-order valence-corrected chi connectivity index (χ1v) is 6.08. The van der Waals surface area contributed by atoms with Gasteiger partial charge in [-0.1, -0.05) is 6.07 Å². The third-order valence-electron chi connectivity index (χ3n) is 2.44. The topological polar surface area (TPSA) is 62.2 Å². The molecule has 1 aromatic heterocycles. The highest BCUT2D eigenvalue weighted by atomic mass is 79.9. The fraction of sp³-hybridized carbons (Fsp3) is 0.0769. The zero-order valence-corrected chi connectivity index (χ0v) is 11.2. The average molecular weight is 307 g/mol. The predicted octanol–water partition coefficient (Wildman–Crippen LogP) is 3.11. The number of carbonyl (C=O) groups is 1. The van der Waals surface area contributed by atoms with Gasteiger partial charge in [-0.2, -0.15) is 0 Å². The Balaban J connectivity index is 2.16. The fourth-order valence-corrected chi connectivity index (χ4v) is 1.62. The van der Waals surface area contributed by atoms with Gasteiger partial charge in [0, 0.05) is 16.2 Å². The van der Waals surface area contributed by atoms with Gasteiger partial charge < -0.3 is 10.4 Å². The quantitative estimate of drug-likeness (QED) is 0.896. The number of anilines is 1. The number of hydrogen-bond donors (Lipinski definition) is 2. The predicted molar refractivity (Wildman–Crippen MR) is 72.7 cm³/mol. The van der Waals surface area contributed by atoms with Crippen molar-refractivity contribution in [3.05, 3.63) is 52.1 Å². The van der Waals surface area contributed by atoms with Crippen molar-refractivity contribution in [2.45, 2.75) is 6.92 Å². The summed E-state index contributed by atoms with van der Waals surface area (Å²) in [7, 11) is 0. The van der Waals surface area contributed by atoms with E-state index in [1.165, 1.54) is 6.07 Å². The molecule has 2 N–H and O–H groups in total. The molecule has 0 radical (unpaired) electrons. The zero-order chi connectivity index (χ0) is 13.1. The number of benzene rings is 1. The number of hydrogen-bond acceptors (Lipinski definition) is 3. The van der Waals surface area contributed by atoms with Crippen molar-refractivity contribution < 1.29 is 9.90 Å². The number of nitrogens with one attached hydrogen (secondary N) is 1. The van der Waals surface area contributed by atoms with Crippen molar-refractivity contribution in [1.29, 1.82) is 0 Å². The van der Waals surface area contributed by atoms with Crippen molar-refractivity contribution in [3.8, 4) is 5.75 Å². The molecule has 0 aliphatic rings. The highest BCUT2D eigenvalue weighted by Gasteiger charge is 2.08. The van der Waals surface area contributed by atoms with Crippen molar-refractivity contribution >= 4 is 27.7 Å². The second-order valence-corrected chi connectivity index (χ2v) is 4.73. The third-order valence-corrected chi connectivity index (χ3v) is 2.91. The minimum atomic E-state index is -0.305. The number of phenolic OH excluding ortho intramolecular Hbond substituents is 1. The van der Waals surface area contributed by atoms with E-state index in [2.05, 4.69) is 26.2 Å². The standard InChI is InChI=1S/C13H11BrN2O2/c1-8-2-3-9(6-11(8)17)13(18)16-12-5-4-10(14)7-15-12/h2-7,17H,1H3,(H,15,16,18). The number of nitrogens with zero attached hydrogens (tertiary/aromatic N) is 1. The lowest BCUT2D eigenvalue weighted by Crippen LogP contribution is -2.12. The summed E-state index contributed by atoms with van der Waals surface area (Å²) in [6.07, 6.45) is 1.60. The molecule has 1 aromatic carbocycles. The summed E-state index contributed by atoms with van der Waals surface area (Å²) in [5, 5.41) is 12.2. The molecule has 1 amide bonds. The van der Waals surface area contributed by atoms with Crippen molar-refractivity contribution in [1.82, 2.24) is 4.98 Å². The van der Waals surface area contributed by atoms with Crippen LogP contribution in [0.15, 0.2) is 41.0 Å². The molecular formula is C13H11BrN2O2. The van der Waals surface area contributed by atoms with Crippen molar-refractivity contribution in [2.24, 2.45) is 0 Å². The maximum Gasteiger partial charge on any atom is 0.256 e. The van der Waals surface area contributed by atoms with Crippen LogP contribution in [0.5, 0.6) is 5.75 Å². The minimum absolute atomic E-state index is 0.103. The lowest BCUT2D eigenvalue weighted by atomic mass is 10.1. The monoisotopic (exact) mass is 306 g/mol. The summed E-state index contributed by atoms with van der Waals surface area (Å²) in [4.78, 5) is 15.9. The van der Waals surface area contributed by atoms with Crippen LogP contribution in [0.3, 0.4) is 0 Å². The number of rotatable bonds is 2. The van der Waals surface area contributed by atoms with Crippen LogP contribution in [0.4, 0.5) is 5.82 Å². The number of aryl methyl sites for hydroxylation is 1. The Hall–Kier alpha value is -1.88. The molecule has 2 rings (SSSR count). The van der Waals surface area contributed by atoms with Gasteiger partial charge in [-0.25, -0.2) is 4.98 Å². The van der Waals surface area contributed by atoms with Gasteiger partial charge in [-0.3, -0.25) is 4.79 Å². The van der Waals surface area contributed by atoms with Crippen LogP contribution in [0, 0.1) is 6.92 Å². The van der Waals surface area contributed by atoms with E-state index in [4.69, 9.17) is 0 Å².